The summed E-state index contributed by atoms with van der Waals surface area (Å²) in [6.07, 6.45) is 0. The third-order valence-corrected chi connectivity index (χ3v) is 2.94. The largest absolute Gasteiger partial charge is 0.508 e. The first-order valence-electron chi connectivity index (χ1n) is 4.17. The third-order valence-electron chi connectivity index (χ3n) is 2.09. The first kappa shape index (κ1) is 12.5. The van der Waals surface area contributed by atoms with E-state index in [1.807, 2.05) is 0 Å². The molecule has 0 aromatic heterocycles. The molecule has 0 spiro atoms. The average molecular weight is 240 g/mol. The third kappa shape index (κ3) is 2.32. The second kappa shape index (κ2) is 4.11. The SMILES string of the molecule is C.O=S(=O)(O)c1ccc2cc(O)ccc2c1. The topological polar surface area (TPSA) is 74.6 Å². The Balaban J connectivity index is 0.00000128. The highest BCUT2D eigenvalue weighted by Gasteiger charge is 2.09. The van der Waals surface area contributed by atoms with E-state index in [-0.39, 0.29) is 18.1 Å². The first-order valence-corrected chi connectivity index (χ1v) is 5.61. The molecule has 0 heterocycles. The molecule has 86 valence electrons. The molecule has 0 aliphatic rings. The molecule has 2 N–H and O–H groups in total. The Bertz CT molecular complexity index is 617. The lowest BCUT2D eigenvalue weighted by Gasteiger charge is -2.01. The van der Waals surface area contributed by atoms with Gasteiger partial charge in [0.05, 0.1) is 4.90 Å². The van der Waals surface area contributed by atoms with Crippen molar-refractivity contribution in [2.45, 2.75) is 12.3 Å². The van der Waals surface area contributed by atoms with Crippen molar-refractivity contribution in [1.29, 1.82) is 0 Å². The van der Waals surface area contributed by atoms with E-state index >= 15 is 0 Å². The van der Waals surface area contributed by atoms with Crippen LogP contribution in [0.15, 0.2) is 41.3 Å². The zero-order valence-electron chi connectivity index (χ0n) is 7.58. The van der Waals surface area contributed by atoms with E-state index in [0.29, 0.717) is 10.8 Å². The minimum absolute atomic E-state index is 0. The molecule has 0 aliphatic carbocycles. The average Bonchev–Trinajstić information content (AvgIpc) is 2.15. The monoisotopic (exact) mass is 240 g/mol. The fraction of sp³-hybridized carbons (Fsp3) is 0.0909. The summed E-state index contributed by atoms with van der Waals surface area (Å²) in [6, 6.07) is 8.72. The van der Waals surface area contributed by atoms with E-state index in [1.54, 1.807) is 6.07 Å². The Kier molecular flexibility index (Phi) is 3.21. The second-order valence-corrected chi connectivity index (χ2v) is 4.59. The Hall–Kier alpha value is -1.59. The van der Waals surface area contributed by atoms with Crippen LogP contribution in [0.4, 0.5) is 0 Å². The van der Waals surface area contributed by atoms with Gasteiger partial charge in [-0.1, -0.05) is 19.6 Å². The molecule has 0 fully saturated rings. The maximum atomic E-state index is 10.8. The van der Waals surface area contributed by atoms with Gasteiger partial charge in [0, 0.05) is 0 Å². The van der Waals surface area contributed by atoms with Crippen molar-refractivity contribution in [1.82, 2.24) is 0 Å². The summed E-state index contributed by atoms with van der Waals surface area (Å²) < 4.78 is 30.5. The van der Waals surface area contributed by atoms with Crippen molar-refractivity contribution in [2.24, 2.45) is 0 Å². The minimum atomic E-state index is -4.17. The smallest absolute Gasteiger partial charge is 0.294 e. The molecule has 0 bridgehead atoms. The maximum absolute atomic E-state index is 10.8. The number of hydrogen-bond donors (Lipinski definition) is 2. The van der Waals surface area contributed by atoms with Crippen LogP contribution in [0.2, 0.25) is 0 Å². The van der Waals surface area contributed by atoms with Gasteiger partial charge in [0.25, 0.3) is 10.1 Å². The Morgan fingerprint density at radius 2 is 1.50 bits per heavy atom. The number of aromatic hydroxyl groups is 1. The van der Waals surface area contributed by atoms with E-state index in [1.165, 1.54) is 30.3 Å². The van der Waals surface area contributed by atoms with Crippen LogP contribution in [0.1, 0.15) is 7.43 Å². The van der Waals surface area contributed by atoms with Crippen LogP contribution in [-0.4, -0.2) is 18.1 Å². The van der Waals surface area contributed by atoms with Crippen molar-refractivity contribution >= 4 is 20.9 Å². The van der Waals surface area contributed by atoms with Gasteiger partial charge in [0.1, 0.15) is 5.75 Å². The van der Waals surface area contributed by atoms with Crippen molar-refractivity contribution in [3.8, 4) is 5.75 Å². The van der Waals surface area contributed by atoms with E-state index in [4.69, 9.17) is 4.55 Å². The van der Waals surface area contributed by atoms with E-state index in [0.717, 1.165) is 0 Å². The van der Waals surface area contributed by atoms with Gasteiger partial charge >= 0.3 is 0 Å². The highest BCUT2D eigenvalue weighted by atomic mass is 32.2. The predicted molar refractivity (Wildman–Crippen MR) is 62.2 cm³/mol. The number of fused-ring (bicyclic) bond motifs is 1. The van der Waals surface area contributed by atoms with Crippen LogP contribution >= 0.6 is 0 Å². The fourth-order valence-corrected chi connectivity index (χ4v) is 1.89. The van der Waals surface area contributed by atoms with E-state index in [9.17, 15) is 13.5 Å². The molecule has 0 radical (unpaired) electrons. The van der Waals surface area contributed by atoms with Crippen LogP contribution < -0.4 is 0 Å². The van der Waals surface area contributed by atoms with Gasteiger partial charge in [-0.15, -0.1) is 0 Å². The number of hydrogen-bond acceptors (Lipinski definition) is 3. The van der Waals surface area contributed by atoms with Gasteiger partial charge in [-0.25, -0.2) is 0 Å². The summed E-state index contributed by atoms with van der Waals surface area (Å²) in [4.78, 5) is -0.152. The normalized spacial score (nSPS) is 11.1. The molecule has 0 saturated heterocycles. The molecule has 2 rings (SSSR count). The highest BCUT2D eigenvalue weighted by Crippen LogP contribution is 2.22. The van der Waals surface area contributed by atoms with Gasteiger partial charge < -0.3 is 5.11 Å². The first-order chi connectivity index (χ1) is 6.97. The second-order valence-electron chi connectivity index (χ2n) is 3.17. The lowest BCUT2D eigenvalue weighted by Crippen LogP contribution is -1.97. The molecule has 4 nitrogen and oxygen atoms in total. The van der Waals surface area contributed by atoms with Gasteiger partial charge in [-0.3, -0.25) is 4.55 Å². The molecule has 2 aromatic rings. The van der Waals surface area contributed by atoms with E-state index < -0.39 is 10.1 Å². The quantitative estimate of drug-likeness (QED) is 0.751. The highest BCUT2D eigenvalue weighted by molar-refractivity contribution is 7.85. The van der Waals surface area contributed by atoms with Gasteiger partial charge in [-0.05, 0) is 35.0 Å². The molecule has 0 saturated carbocycles. The predicted octanol–water partition coefficient (Wildman–Crippen LogP) is 2.43. The Morgan fingerprint density at radius 1 is 0.938 bits per heavy atom. The van der Waals surface area contributed by atoms with Crippen LogP contribution in [0, 0.1) is 0 Å². The van der Waals surface area contributed by atoms with Crippen molar-refractivity contribution in [3.63, 3.8) is 0 Å². The minimum Gasteiger partial charge on any atom is -0.508 e. The van der Waals surface area contributed by atoms with E-state index in [2.05, 4.69) is 0 Å². The molecule has 16 heavy (non-hydrogen) atoms. The van der Waals surface area contributed by atoms with Gasteiger partial charge in [-0.2, -0.15) is 8.42 Å². The number of rotatable bonds is 1. The summed E-state index contributed by atoms with van der Waals surface area (Å²) in [5.74, 6) is 0.113. The van der Waals surface area contributed by atoms with Gasteiger partial charge in [0.15, 0.2) is 0 Å². The summed E-state index contributed by atoms with van der Waals surface area (Å²) in [6.45, 7) is 0. The van der Waals surface area contributed by atoms with Crippen LogP contribution in [0.25, 0.3) is 10.8 Å². The van der Waals surface area contributed by atoms with Crippen molar-refractivity contribution < 1.29 is 18.1 Å². The molecular weight excluding hydrogens is 228 g/mol. The lowest BCUT2D eigenvalue weighted by atomic mass is 10.1. The summed E-state index contributed by atoms with van der Waals surface area (Å²) >= 11 is 0. The molecule has 0 aliphatic heterocycles. The molecule has 0 unspecified atom stereocenters. The molecule has 2 aromatic carbocycles. The van der Waals surface area contributed by atoms with Crippen LogP contribution in [-0.2, 0) is 10.1 Å². The van der Waals surface area contributed by atoms with Crippen LogP contribution in [0.5, 0.6) is 5.75 Å². The maximum Gasteiger partial charge on any atom is 0.294 e. The van der Waals surface area contributed by atoms with Crippen LogP contribution in [0.3, 0.4) is 0 Å². The molecular formula is C11H12O4S. The molecule has 5 heteroatoms. The lowest BCUT2D eigenvalue weighted by molar-refractivity contribution is 0.476. The number of phenolic OH excluding ortho intramolecular Hbond substituents is 1. The van der Waals surface area contributed by atoms with Crippen molar-refractivity contribution in [2.75, 3.05) is 0 Å². The Labute approximate surface area is 93.9 Å². The van der Waals surface area contributed by atoms with Crippen molar-refractivity contribution in [3.05, 3.63) is 36.4 Å². The summed E-state index contributed by atoms with van der Waals surface area (Å²) in [5.41, 5.74) is 0. The zero-order valence-corrected chi connectivity index (χ0v) is 8.40. The summed E-state index contributed by atoms with van der Waals surface area (Å²) in [5, 5.41) is 10.5. The van der Waals surface area contributed by atoms with Gasteiger partial charge in [0.2, 0.25) is 0 Å². The zero-order chi connectivity index (χ0) is 11.1. The Morgan fingerprint density at radius 3 is 2.12 bits per heavy atom. The summed E-state index contributed by atoms with van der Waals surface area (Å²) in [7, 11) is -4.17. The molecule has 0 amide bonds. The standard InChI is InChI=1S/C10H8O4S.CH4/c11-9-3-1-8-6-10(15(12,13)14)4-2-7(8)5-9;/h1-6,11H,(H,12,13,14);1H4. The number of phenols is 1. The molecule has 0 atom stereocenters. The fourth-order valence-electron chi connectivity index (χ4n) is 1.37. The number of benzene rings is 2.